The molecule has 0 aliphatic rings. The van der Waals surface area contributed by atoms with Crippen molar-refractivity contribution in [3.05, 3.63) is 84.1 Å². The number of amides is 1. The Labute approximate surface area is 148 Å². The van der Waals surface area contributed by atoms with Gasteiger partial charge in [-0.05, 0) is 35.7 Å². The Morgan fingerprint density at radius 1 is 1.04 bits per heavy atom. The molecule has 122 valence electrons. The van der Waals surface area contributed by atoms with Crippen molar-refractivity contribution >= 4 is 22.9 Å². The molecule has 0 saturated carbocycles. The lowest BCUT2D eigenvalue weighted by atomic mass is 10.1. The summed E-state index contributed by atoms with van der Waals surface area (Å²) < 4.78 is 1.65. The summed E-state index contributed by atoms with van der Waals surface area (Å²) in [5.41, 5.74) is 2.29. The van der Waals surface area contributed by atoms with Crippen LogP contribution in [0.15, 0.2) is 78.6 Å². The molecule has 4 aromatic rings. The fourth-order valence-corrected chi connectivity index (χ4v) is 3.26. The van der Waals surface area contributed by atoms with Crippen LogP contribution >= 0.6 is 11.3 Å². The van der Waals surface area contributed by atoms with Crippen molar-refractivity contribution in [2.75, 3.05) is 5.32 Å². The second-order valence-corrected chi connectivity index (χ2v) is 6.28. The molecule has 0 bridgehead atoms. The number of thiophene rings is 1. The van der Waals surface area contributed by atoms with Gasteiger partial charge in [0.25, 0.3) is 5.91 Å². The topological polar surface area (TPSA) is 59.8 Å². The summed E-state index contributed by atoms with van der Waals surface area (Å²) in [5.74, 6) is 0.476. The van der Waals surface area contributed by atoms with Gasteiger partial charge >= 0.3 is 0 Å². The van der Waals surface area contributed by atoms with E-state index in [1.165, 1.54) is 0 Å². The van der Waals surface area contributed by atoms with Gasteiger partial charge in [0, 0.05) is 34.7 Å². The molecule has 0 aliphatic carbocycles. The fraction of sp³-hybridized carbons (Fsp3) is 0. The second kappa shape index (κ2) is 6.70. The van der Waals surface area contributed by atoms with E-state index in [0.717, 1.165) is 16.1 Å². The Balaban J connectivity index is 1.57. The number of rotatable bonds is 4. The van der Waals surface area contributed by atoms with Crippen LogP contribution < -0.4 is 5.32 Å². The Kier molecular flexibility index (Phi) is 4.10. The van der Waals surface area contributed by atoms with Gasteiger partial charge in [-0.15, -0.1) is 11.3 Å². The number of para-hydroxylation sites is 1. The minimum Gasteiger partial charge on any atom is -0.321 e. The van der Waals surface area contributed by atoms with E-state index >= 15 is 0 Å². The molecule has 25 heavy (non-hydrogen) atoms. The van der Waals surface area contributed by atoms with Crippen molar-refractivity contribution in [2.24, 2.45) is 0 Å². The van der Waals surface area contributed by atoms with E-state index in [2.05, 4.69) is 15.4 Å². The van der Waals surface area contributed by atoms with Gasteiger partial charge in [-0.1, -0.05) is 24.3 Å². The number of aromatic nitrogens is 3. The van der Waals surface area contributed by atoms with Gasteiger partial charge in [0.2, 0.25) is 0 Å². The van der Waals surface area contributed by atoms with Crippen LogP contribution in [0.25, 0.3) is 16.3 Å². The lowest BCUT2D eigenvalue weighted by molar-refractivity contribution is 0.102. The predicted octanol–water partition coefficient (Wildman–Crippen LogP) is 4.25. The molecule has 5 nitrogen and oxygen atoms in total. The summed E-state index contributed by atoms with van der Waals surface area (Å²) >= 11 is 1.64. The Hall–Kier alpha value is -3.25. The van der Waals surface area contributed by atoms with Crippen molar-refractivity contribution < 1.29 is 4.79 Å². The highest BCUT2D eigenvalue weighted by Gasteiger charge is 2.11. The second-order valence-electron chi connectivity index (χ2n) is 5.33. The molecule has 6 heteroatoms. The third kappa shape index (κ3) is 3.20. The number of hydrogen-bond acceptors (Lipinski definition) is 4. The zero-order chi connectivity index (χ0) is 17.1. The molecular formula is C19H14N4OS. The van der Waals surface area contributed by atoms with E-state index in [4.69, 9.17) is 0 Å². The summed E-state index contributed by atoms with van der Waals surface area (Å²) in [5, 5.41) is 9.12. The van der Waals surface area contributed by atoms with Gasteiger partial charge in [0.15, 0.2) is 5.82 Å². The monoisotopic (exact) mass is 346 g/mol. The minimum absolute atomic E-state index is 0.191. The van der Waals surface area contributed by atoms with Crippen LogP contribution in [-0.2, 0) is 0 Å². The summed E-state index contributed by atoms with van der Waals surface area (Å²) in [6.45, 7) is 0. The molecule has 0 radical (unpaired) electrons. The third-order valence-corrected chi connectivity index (χ3v) is 4.61. The molecule has 0 spiro atoms. The summed E-state index contributed by atoms with van der Waals surface area (Å²) in [6, 6.07) is 17.1. The highest BCUT2D eigenvalue weighted by atomic mass is 32.1. The quantitative estimate of drug-likeness (QED) is 0.601. The first-order chi connectivity index (χ1) is 12.3. The van der Waals surface area contributed by atoms with E-state index < -0.39 is 0 Å². The van der Waals surface area contributed by atoms with Crippen molar-refractivity contribution in [1.82, 2.24) is 14.8 Å². The fourth-order valence-electron chi connectivity index (χ4n) is 2.49. The van der Waals surface area contributed by atoms with E-state index in [-0.39, 0.29) is 5.91 Å². The van der Waals surface area contributed by atoms with Gasteiger partial charge in [0.1, 0.15) is 0 Å². The largest absolute Gasteiger partial charge is 0.321 e. The van der Waals surface area contributed by atoms with E-state index in [1.807, 2.05) is 47.8 Å². The van der Waals surface area contributed by atoms with Crippen LogP contribution in [0.5, 0.6) is 0 Å². The Bertz CT molecular complexity index is 977. The number of pyridine rings is 1. The van der Waals surface area contributed by atoms with E-state index in [0.29, 0.717) is 11.4 Å². The van der Waals surface area contributed by atoms with Gasteiger partial charge in [0.05, 0.1) is 5.56 Å². The minimum atomic E-state index is -0.191. The molecule has 4 rings (SSSR count). The number of anilines is 1. The zero-order valence-electron chi connectivity index (χ0n) is 13.2. The highest BCUT2D eigenvalue weighted by molar-refractivity contribution is 7.13. The highest BCUT2D eigenvalue weighted by Crippen LogP contribution is 2.31. The molecule has 1 N–H and O–H groups in total. The maximum atomic E-state index is 12.6. The smallest absolute Gasteiger partial charge is 0.257 e. The predicted molar refractivity (Wildman–Crippen MR) is 99.1 cm³/mol. The average Bonchev–Trinajstić information content (AvgIpc) is 3.36. The molecule has 0 unspecified atom stereocenters. The number of benzene rings is 1. The Morgan fingerprint density at radius 2 is 1.96 bits per heavy atom. The zero-order valence-corrected chi connectivity index (χ0v) is 14.0. The van der Waals surface area contributed by atoms with Crippen LogP contribution in [-0.4, -0.2) is 20.7 Å². The third-order valence-electron chi connectivity index (χ3n) is 3.71. The lowest BCUT2D eigenvalue weighted by Crippen LogP contribution is -2.13. The summed E-state index contributed by atoms with van der Waals surface area (Å²) in [4.78, 5) is 18.0. The van der Waals surface area contributed by atoms with Crippen molar-refractivity contribution in [3.63, 3.8) is 0 Å². The Morgan fingerprint density at radius 3 is 2.68 bits per heavy atom. The molecule has 1 aromatic carbocycles. The first-order valence-corrected chi connectivity index (χ1v) is 8.59. The first-order valence-electron chi connectivity index (χ1n) is 7.71. The molecular weight excluding hydrogens is 332 g/mol. The van der Waals surface area contributed by atoms with Gasteiger partial charge in [-0.3, -0.25) is 4.79 Å². The van der Waals surface area contributed by atoms with Crippen LogP contribution in [0.1, 0.15) is 10.4 Å². The molecule has 0 atom stereocenters. The molecule has 0 aliphatic heterocycles. The van der Waals surface area contributed by atoms with Crippen LogP contribution in [0, 0.1) is 0 Å². The maximum Gasteiger partial charge on any atom is 0.257 e. The van der Waals surface area contributed by atoms with Crippen LogP contribution in [0.3, 0.4) is 0 Å². The number of hydrogen-bond donors (Lipinski definition) is 1. The first kappa shape index (κ1) is 15.3. The standard InChI is InChI=1S/C19H14N4OS/c24-19(14-8-9-18(20-13-14)23-11-4-10-21-23)22-16-6-2-1-5-15(16)17-7-3-12-25-17/h1-13H,(H,22,24). The van der Waals surface area contributed by atoms with Crippen molar-refractivity contribution in [1.29, 1.82) is 0 Å². The number of nitrogens with zero attached hydrogens (tertiary/aromatic N) is 3. The van der Waals surface area contributed by atoms with Crippen molar-refractivity contribution in [3.8, 4) is 16.3 Å². The number of carbonyl (C=O) groups excluding carboxylic acids is 1. The molecule has 3 heterocycles. The summed E-state index contributed by atoms with van der Waals surface area (Å²) in [6.07, 6.45) is 5.04. The van der Waals surface area contributed by atoms with Gasteiger partial charge in [-0.2, -0.15) is 5.10 Å². The average molecular weight is 346 g/mol. The van der Waals surface area contributed by atoms with E-state index in [9.17, 15) is 4.79 Å². The maximum absolute atomic E-state index is 12.6. The van der Waals surface area contributed by atoms with Gasteiger partial charge < -0.3 is 5.32 Å². The van der Waals surface area contributed by atoms with Crippen molar-refractivity contribution in [2.45, 2.75) is 0 Å². The van der Waals surface area contributed by atoms with Crippen LogP contribution in [0.2, 0.25) is 0 Å². The number of carbonyl (C=O) groups is 1. The normalized spacial score (nSPS) is 10.6. The number of nitrogens with one attached hydrogen (secondary N) is 1. The summed E-state index contributed by atoms with van der Waals surface area (Å²) in [7, 11) is 0. The van der Waals surface area contributed by atoms with Gasteiger partial charge in [-0.25, -0.2) is 9.67 Å². The molecule has 0 saturated heterocycles. The van der Waals surface area contributed by atoms with E-state index in [1.54, 1.807) is 46.7 Å². The molecule has 3 aromatic heterocycles. The van der Waals surface area contributed by atoms with Crippen LogP contribution in [0.4, 0.5) is 5.69 Å². The molecule has 0 fully saturated rings. The molecule has 1 amide bonds. The lowest BCUT2D eigenvalue weighted by Gasteiger charge is -2.10. The SMILES string of the molecule is O=C(Nc1ccccc1-c1cccs1)c1ccc(-n2cccn2)nc1.